The fourth-order valence-electron chi connectivity index (χ4n) is 4.17. The van der Waals surface area contributed by atoms with Crippen molar-refractivity contribution in [2.24, 2.45) is 0 Å². The largest absolute Gasteiger partial charge is 0.348 e. The highest BCUT2D eigenvalue weighted by atomic mass is 16.1. The van der Waals surface area contributed by atoms with E-state index in [2.05, 4.69) is 34.4 Å². The van der Waals surface area contributed by atoms with Crippen LogP contribution in [0.5, 0.6) is 0 Å². The van der Waals surface area contributed by atoms with E-state index in [9.17, 15) is 4.79 Å². The smallest absolute Gasteiger partial charge is 0.251 e. The van der Waals surface area contributed by atoms with Gasteiger partial charge in [0.2, 0.25) is 0 Å². The van der Waals surface area contributed by atoms with Crippen molar-refractivity contribution in [3.8, 4) is 0 Å². The standard InChI is InChI=1S/C22H30N4O/c1-3-26-15-20(16(2)24-26)14-23-22(27)19-8-7-17-9-11-25(21-5-4-6-21)12-10-18(17)13-19/h7-8,13,15,21H,3-6,9-12,14H2,1-2H3,(H,23,27). The Labute approximate surface area is 161 Å². The summed E-state index contributed by atoms with van der Waals surface area (Å²) in [6, 6.07) is 7.05. The zero-order chi connectivity index (χ0) is 18.8. The minimum Gasteiger partial charge on any atom is -0.348 e. The van der Waals surface area contributed by atoms with E-state index in [1.54, 1.807) is 0 Å². The molecule has 1 aromatic heterocycles. The highest BCUT2D eigenvalue weighted by molar-refractivity contribution is 5.94. The molecule has 1 fully saturated rings. The predicted octanol–water partition coefficient (Wildman–Crippen LogP) is 3.09. The molecule has 0 bridgehead atoms. The molecule has 1 saturated carbocycles. The van der Waals surface area contributed by atoms with Crippen molar-refractivity contribution in [2.45, 2.75) is 65.1 Å². The average Bonchev–Trinajstić information content (AvgIpc) is 2.87. The highest BCUT2D eigenvalue weighted by Gasteiger charge is 2.26. The van der Waals surface area contributed by atoms with Crippen molar-refractivity contribution in [3.63, 3.8) is 0 Å². The van der Waals surface area contributed by atoms with E-state index in [0.717, 1.165) is 55.3 Å². The maximum absolute atomic E-state index is 12.7. The SMILES string of the molecule is CCn1cc(CNC(=O)c2ccc3c(c2)CCN(C2CCC2)CC3)c(C)n1. The van der Waals surface area contributed by atoms with Crippen LogP contribution in [0.1, 0.15) is 58.9 Å². The number of nitrogens with zero attached hydrogens (tertiary/aromatic N) is 3. The Hall–Kier alpha value is -2.14. The predicted molar refractivity (Wildman–Crippen MR) is 107 cm³/mol. The van der Waals surface area contributed by atoms with E-state index >= 15 is 0 Å². The van der Waals surface area contributed by atoms with Gasteiger partial charge in [-0.3, -0.25) is 14.4 Å². The van der Waals surface area contributed by atoms with Crippen molar-refractivity contribution in [2.75, 3.05) is 13.1 Å². The van der Waals surface area contributed by atoms with Crippen LogP contribution < -0.4 is 5.32 Å². The zero-order valence-corrected chi connectivity index (χ0v) is 16.5. The number of rotatable bonds is 5. The van der Waals surface area contributed by atoms with Crippen LogP contribution in [0.15, 0.2) is 24.4 Å². The fourth-order valence-corrected chi connectivity index (χ4v) is 4.17. The molecule has 0 unspecified atom stereocenters. The minimum absolute atomic E-state index is 0.00143. The second kappa shape index (κ2) is 7.85. The van der Waals surface area contributed by atoms with E-state index in [1.807, 2.05) is 23.9 Å². The Morgan fingerprint density at radius 3 is 2.67 bits per heavy atom. The van der Waals surface area contributed by atoms with Gasteiger partial charge < -0.3 is 5.32 Å². The molecular weight excluding hydrogens is 336 g/mol. The van der Waals surface area contributed by atoms with Crippen LogP contribution >= 0.6 is 0 Å². The van der Waals surface area contributed by atoms with Crippen LogP contribution in [0.2, 0.25) is 0 Å². The van der Waals surface area contributed by atoms with Crippen molar-refractivity contribution in [3.05, 3.63) is 52.3 Å². The molecule has 144 valence electrons. The summed E-state index contributed by atoms with van der Waals surface area (Å²) < 4.78 is 1.91. The van der Waals surface area contributed by atoms with E-state index < -0.39 is 0 Å². The van der Waals surface area contributed by atoms with Crippen LogP contribution in [0.3, 0.4) is 0 Å². The number of hydrogen-bond acceptors (Lipinski definition) is 3. The second-order valence-corrected chi connectivity index (χ2v) is 7.88. The lowest BCUT2D eigenvalue weighted by Gasteiger charge is -2.36. The van der Waals surface area contributed by atoms with Gasteiger partial charge in [-0.15, -0.1) is 0 Å². The lowest BCUT2D eigenvalue weighted by Crippen LogP contribution is -2.41. The maximum atomic E-state index is 12.7. The molecule has 1 aromatic carbocycles. The Balaban J connectivity index is 1.40. The summed E-state index contributed by atoms with van der Waals surface area (Å²) in [6.45, 7) is 7.71. The third-order valence-corrected chi connectivity index (χ3v) is 6.21. The quantitative estimate of drug-likeness (QED) is 0.885. The average molecular weight is 367 g/mol. The Morgan fingerprint density at radius 1 is 1.22 bits per heavy atom. The first-order valence-electron chi connectivity index (χ1n) is 10.3. The van der Waals surface area contributed by atoms with E-state index in [1.165, 1.54) is 30.4 Å². The fraction of sp³-hybridized carbons (Fsp3) is 0.545. The summed E-state index contributed by atoms with van der Waals surface area (Å²) in [4.78, 5) is 15.3. The van der Waals surface area contributed by atoms with Gasteiger partial charge in [-0.2, -0.15) is 5.10 Å². The summed E-state index contributed by atoms with van der Waals surface area (Å²) >= 11 is 0. The van der Waals surface area contributed by atoms with E-state index in [0.29, 0.717) is 6.54 Å². The molecule has 2 aromatic rings. The maximum Gasteiger partial charge on any atom is 0.251 e. The molecule has 1 N–H and O–H groups in total. The third kappa shape index (κ3) is 3.93. The minimum atomic E-state index is 0.00143. The molecule has 0 radical (unpaired) electrons. The first-order valence-corrected chi connectivity index (χ1v) is 10.3. The molecule has 1 amide bonds. The van der Waals surface area contributed by atoms with Gasteiger partial charge >= 0.3 is 0 Å². The number of benzene rings is 1. The lowest BCUT2D eigenvalue weighted by atomic mass is 9.91. The zero-order valence-electron chi connectivity index (χ0n) is 16.5. The summed E-state index contributed by atoms with van der Waals surface area (Å²) in [7, 11) is 0. The molecule has 1 aliphatic heterocycles. The number of fused-ring (bicyclic) bond motifs is 1. The van der Waals surface area contributed by atoms with E-state index in [-0.39, 0.29) is 5.91 Å². The molecule has 2 heterocycles. The Bertz CT molecular complexity index is 822. The van der Waals surface area contributed by atoms with Gasteiger partial charge in [0.05, 0.1) is 5.69 Å². The van der Waals surface area contributed by atoms with Crippen molar-refractivity contribution < 1.29 is 4.79 Å². The van der Waals surface area contributed by atoms with Crippen LogP contribution in [-0.4, -0.2) is 39.7 Å². The van der Waals surface area contributed by atoms with Gasteiger partial charge in [0.15, 0.2) is 0 Å². The molecule has 0 atom stereocenters. The molecule has 2 aliphatic rings. The first-order chi connectivity index (χ1) is 13.1. The molecule has 4 rings (SSSR count). The topological polar surface area (TPSA) is 50.2 Å². The van der Waals surface area contributed by atoms with E-state index in [4.69, 9.17) is 0 Å². The second-order valence-electron chi connectivity index (χ2n) is 7.88. The summed E-state index contributed by atoms with van der Waals surface area (Å²) in [5, 5.41) is 7.50. The lowest BCUT2D eigenvalue weighted by molar-refractivity contribution is 0.0950. The van der Waals surface area contributed by atoms with Gasteiger partial charge in [0, 0.05) is 49.5 Å². The molecule has 0 saturated heterocycles. The van der Waals surface area contributed by atoms with Crippen LogP contribution in [-0.2, 0) is 25.9 Å². The third-order valence-electron chi connectivity index (χ3n) is 6.21. The summed E-state index contributed by atoms with van der Waals surface area (Å²) in [5.41, 5.74) is 5.59. The van der Waals surface area contributed by atoms with Crippen LogP contribution in [0.25, 0.3) is 0 Å². The highest BCUT2D eigenvalue weighted by Crippen LogP contribution is 2.27. The Kier molecular flexibility index (Phi) is 5.30. The molecule has 1 aliphatic carbocycles. The number of carbonyl (C=O) groups excluding carboxylic acids is 1. The molecule has 0 spiro atoms. The number of carbonyl (C=O) groups is 1. The van der Waals surface area contributed by atoms with Gasteiger partial charge in [-0.25, -0.2) is 0 Å². The first kappa shape index (κ1) is 18.2. The summed E-state index contributed by atoms with van der Waals surface area (Å²) in [6.07, 6.45) is 8.27. The number of aryl methyl sites for hydroxylation is 2. The van der Waals surface area contributed by atoms with Crippen molar-refractivity contribution in [1.82, 2.24) is 20.0 Å². The van der Waals surface area contributed by atoms with Gasteiger partial charge in [0.25, 0.3) is 5.91 Å². The van der Waals surface area contributed by atoms with Crippen molar-refractivity contribution >= 4 is 5.91 Å². The van der Waals surface area contributed by atoms with Gasteiger partial charge in [-0.05, 0) is 62.8 Å². The monoisotopic (exact) mass is 366 g/mol. The molecule has 27 heavy (non-hydrogen) atoms. The normalized spacial score (nSPS) is 17.9. The number of hydrogen-bond donors (Lipinski definition) is 1. The molecular formula is C22H30N4O. The van der Waals surface area contributed by atoms with Gasteiger partial charge in [0.1, 0.15) is 0 Å². The number of amides is 1. The number of nitrogens with one attached hydrogen (secondary N) is 1. The molecule has 5 heteroatoms. The van der Waals surface area contributed by atoms with Crippen molar-refractivity contribution in [1.29, 1.82) is 0 Å². The van der Waals surface area contributed by atoms with Gasteiger partial charge in [-0.1, -0.05) is 12.5 Å². The van der Waals surface area contributed by atoms with Crippen LogP contribution in [0.4, 0.5) is 0 Å². The molecule has 5 nitrogen and oxygen atoms in total. The Morgan fingerprint density at radius 2 is 2.00 bits per heavy atom. The number of aromatic nitrogens is 2. The summed E-state index contributed by atoms with van der Waals surface area (Å²) in [5.74, 6) is 0.00143. The van der Waals surface area contributed by atoms with Crippen LogP contribution in [0, 0.1) is 6.92 Å².